The van der Waals surface area contributed by atoms with Crippen LogP contribution in [-0.4, -0.2) is 11.5 Å². The number of rotatable bonds is 3. The monoisotopic (exact) mass is 268 g/mol. The van der Waals surface area contributed by atoms with Crippen LogP contribution in [0.3, 0.4) is 0 Å². The van der Waals surface area contributed by atoms with Gasteiger partial charge in [0.1, 0.15) is 0 Å². The van der Waals surface area contributed by atoms with Crippen LogP contribution in [-0.2, 0) is 19.4 Å². The Balaban J connectivity index is 2.24. The minimum absolute atomic E-state index is 0.973. The molecule has 1 aromatic heterocycles. The molecule has 0 saturated carbocycles. The molecule has 0 saturated heterocycles. The van der Waals surface area contributed by atoms with Gasteiger partial charge in [-0.1, -0.05) is 6.92 Å². The molecule has 0 unspecified atom stereocenters. The Morgan fingerprint density at radius 1 is 1.10 bits per heavy atom. The number of aromatic nitrogens is 1. The average Bonchev–Trinajstić information content (AvgIpc) is 2.45. The zero-order chi connectivity index (χ0) is 14.1. The molecule has 1 heterocycles. The van der Waals surface area contributed by atoms with Crippen molar-refractivity contribution in [3.63, 3.8) is 0 Å². The second kappa shape index (κ2) is 5.53. The first kappa shape index (κ1) is 13.6. The van der Waals surface area contributed by atoms with Crippen LogP contribution in [0.5, 0.6) is 0 Å². The first-order valence-electron chi connectivity index (χ1n) is 7.83. The van der Waals surface area contributed by atoms with Crippen LogP contribution in [0.1, 0.15) is 47.7 Å². The summed E-state index contributed by atoms with van der Waals surface area (Å²) < 4.78 is 0. The first-order chi connectivity index (χ1) is 9.70. The van der Waals surface area contributed by atoms with E-state index in [1.807, 2.05) is 0 Å². The number of hydrogen-bond donors (Lipinski definition) is 1. The topological polar surface area (TPSA) is 24.9 Å². The molecule has 0 bridgehead atoms. The fourth-order valence-electron chi connectivity index (χ4n) is 3.23. The van der Waals surface area contributed by atoms with Crippen molar-refractivity contribution in [2.45, 2.75) is 53.0 Å². The molecular formula is C18H24N2. The third kappa shape index (κ3) is 2.33. The summed E-state index contributed by atoms with van der Waals surface area (Å²) in [6, 6.07) is 4.59. The lowest BCUT2D eigenvalue weighted by atomic mass is 9.89. The van der Waals surface area contributed by atoms with E-state index in [2.05, 4.69) is 38.2 Å². The van der Waals surface area contributed by atoms with Gasteiger partial charge in [0.2, 0.25) is 0 Å². The zero-order valence-electron chi connectivity index (χ0n) is 12.8. The Kier molecular flexibility index (Phi) is 3.75. The van der Waals surface area contributed by atoms with Gasteiger partial charge in [0.25, 0.3) is 0 Å². The largest absolute Gasteiger partial charge is 0.313 e. The normalized spacial score (nSPS) is 14.6. The van der Waals surface area contributed by atoms with Crippen LogP contribution in [0.4, 0.5) is 0 Å². The second-order valence-corrected chi connectivity index (χ2v) is 5.96. The van der Waals surface area contributed by atoms with Crippen molar-refractivity contribution in [1.82, 2.24) is 10.3 Å². The molecule has 2 heteroatoms. The minimum Gasteiger partial charge on any atom is -0.313 e. The standard InChI is InChI=1S/C18H24N2/c1-4-19-11-16-14-7-5-6-8-17(14)20-18-10-13(3)12(2)9-15(16)18/h9-10,19H,4-8,11H2,1-3H3. The van der Waals surface area contributed by atoms with Crippen molar-refractivity contribution in [3.05, 3.63) is 40.1 Å². The number of hydrogen-bond acceptors (Lipinski definition) is 2. The second-order valence-electron chi connectivity index (χ2n) is 5.96. The first-order valence-corrected chi connectivity index (χ1v) is 7.83. The molecule has 1 aromatic carbocycles. The number of fused-ring (bicyclic) bond motifs is 2. The van der Waals surface area contributed by atoms with Crippen LogP contribution < -0.4 is 5.32 Å². The van der Waals surface area contributed by atoms with E-state index < -0.39 is 0 Å². The van der Waals surface area contributed by atoms with Crippen LogP contribution in [0.15, 0.2) is 12.1 Å². The van der Waals surface area contributed by atoms with E-state index in [0.29, 0.717) is 0 Å². The molecule has 0 atom stereocenters. The minimum atomic E-state index is 0.973. The van der Waals surface area contributed by atoms with Crippen molar-refractivity contribution in [2.75, 3.05) is 6.54 Å². The van der Waals surface area contributed by atoms with Crippen molar-refractivity contribution in [2.24, 2.45) is 0 Å². The molecule has 0 radical (unpaired) electrons. The Bertz CT molecular complexity index is 644. The van der Waals surface area contributed by atoms with E-state index in [1.165, 1.54) is 58.1 Å². The predicted molar refractivity (Wildman–Crippen MR) is 85.2 cm³/mol. The van der Waals surface area contributed by atoms with E-state index in [4.69, 9.17) is 4.98 Å². The summed E-state index contributed by atoms with van der Waals surface area (Å²) in [4.78, 5) is 4.96. The number of benzene rings is 1. The maximum absolute atomic E-state index is 4.96. The Morgan fingerprint density at radius 3 is 2.65 bits per heavy atom. The highest BCUT2D eigenvalue weighted by Crippen LogP contribution is 2.30. The van der Waals surface area contributed by atoms with Crippen LogP contribution >= 0.6 is 0 Å². The molecular weight excluding hydrogens is 244 g/mol. The Morgan fingerprint density at radius 2 is 1.85 bits per heavy atom. The van der Waals surface area contributed by atoms with Gasteiger partial charge in [0.15, 0.2) is 0 Å². The van der Waals surface area contributed by atoms with Crippen LogP contribution in [0.2, 0.25) is 0 Å². The molecule has 2 nitrogen and oxygen atoms in total. The van der Waals surface area contributed by atoms with Gasteiger partial charge >= 0.3 is 0 Å². The summed E-state index contributed by atoms with van der Waals surface area (Å²) >= 11 is 0. The van der Waals surface area contributed by atoms with Gasteiger partial charge in [-0.3, -0.25) is 4.98 Å². The van der Waals surface area contributed by atoms with Crippen molar-refractivity contribution in [1.29, 1.82) is 0 Å². The molecule has 2 aromatic rings. The maximum atomic E-state index is 4.96. The molecule has 1 aliphatic rings. The van der Waals surface area contributed by atoms with E-state index in [-0.39, 0.29) is 0 Å². The van der Waals surface area contributed by atoms with Crippen molar-refractivity contribution < 1.29 is 0 Å². The molecule has 0 aliphatic heterocycles. The van der Waals surface area contributed by atoms with Gasteiger partial charge in [0.05, 0.1) is 5.52 Å². The Hall–Kier alpha value is -1.41. The van der Waals surface area contributed by atoms with Gasteiger partial charge in [0, 0.05) is 17.6 Å². The lowest BCUT2D eigenvalue weighted by molar-refractivity contribution is 0.651. The lowest BCUT2D eigenvalue weighted by Gasteiger charge is -2.21. The zero-order valence-corrected chi connectivity index (χ0v) is 12.8. The van der Waals surface area contributed by atoms with Crippen molar-refractivity contribution >= 4 is 10.9 Å². The summed E-state index contributed by atoms with van der Waals surface area (Å²) in [6.45, 7) is 8.54. The highest BCUT2D eigenvalue weighted by Gasteiger charge is 2.18. The van der Waals surface area contributed by atoms with Gasteiger partial charge in [-0.25, -0.2) is 0 Å². The SMILES string of the molecule is CCNCc1c2c(nc3cc(C)c(C)cc13)CCCC2. The maximum Gasteiger partial charge on any atom is 0.0711 e. The smallest absolute Gasteiger partial charge is 0.0711 e. The van der Waals surface area contributed by atoms with Gasteiger partial charge in [-0.15, -0.1) is 0 Å². The molecule has 106 valence electrons. The highest BCUT2D eigenvalue weighted by atomic mass is 14.8. The van der Waals surface area contributed by atoms with E-state index in [0.717, 1.165) is 19.5 Å². The van der Waals surface area contributed by atoms with E-state index in [1.54, 1.807) is 0 Å². The molecule has 0 fully saturated rings. The van der Waals surface area contributed by atoms with Crippen LogP contribution in [0.25, 0.3) is 10.9 Å². The summed E-state index contributed by atoms with van der Waals surface area (Å²) in [5.74, 6) is 0. The fourth-order valence-corrected chi connectivity index (χ4v) is 3.23. The number of aryl methyl sites for hydroxylation is 3. The molecule has 20 heavy (non-hydrogen) atoms. The predicted octanol–water partition coefficient (Wildman–Crippen LogP) is 3.84. The number of nitrogens with zero attached hydrogens (tertiary/aromatic N) is 1. The molecule has 1 aliphatic carbocycles. The highest BCUT2D eigenvalue weighted by molar-refractivity contribution is 5.85. The number of nitrogens with one attached hydrogen (secondary N) is 1. The fraction of sp³-hybridized carbons (Fsp3) is 0.500. The summed E-state index contributed by atoms with van der Waals surface area (Å²) in [6.07, 6.45) is 4.95. The van der Waals surface area contributed by atoms with E-state index >= 15 is 0 Å². The Labute approximate surface area is 121 Å². The molecule has 3 rings (SSSR count). The van der Waals surface area contributed by atoms with Crippen LogP contribution in [0, 0.1) is 13.8 Å². The lowest BCUT2D eigenvalue weighted by Crippen LogP contribution is -2.17. The molecule has 0 amide bonds. The van der Waals surface area contributed by atoms with Gasteiger partial charge in [-0.05, 0) is 80.5 Å². The number of pyridine rings is 1. The van der Waals surface area contributed by atoms with E-state index in [9.17, 15) is 0 Å². The quantitative estimate of drug-likeness (QED) is 0.915. The summed E-state index contributed by atoms with van der Waals surface area (Å²) in [5.41, 5.74) is 8.26. The summed E-state index contributed by atoms with van der Waals surface area (Å²) in [5, 5.41) is 4.87. The molecule has 1 N–H and O–H groups in total. The summed E-state index contributed by atoms with van der Waals surface area (Å²) in [7, 11) is 0. The molecule has 0 spiro atoms. The van der Waals surface area contributed by atoms with Gasteiger partial charge < -0.3 is 5.32 Å². The van der Waals surface area contributed by atoms with Gasteiger partial charge in [-0.2, -0.15) is 0 Å². The third-order valence-electron chi connectivity index (χ3n) is 4.55. The third-order valence-corrected chi connectivity index (χ3v) is 4.55. The average molecular weight is 268 g/mol. The van der Waals surface area contributed by atoms with Crippen molar-refractivity contribution in [3.8, 4) is 0 Å².